The number of hydrogen-bond donors (Lipinski definition) is 1. The zero-order chi connectivity index (χ0) is 8.48. The van der Waals surface area contributed by atoms with E-state index in [0.29, 0.717) is 5.92 Å². The first-order valence-electron chi connectivity index (χ1n) is 3.79. The quantitative estimate of drug-likeness (QED) is 0.677. The van der Waals surface area contributed by atoms with Gasteiger partial charge in [0.25, 0.3) is 0 Å². The van der Waals surface area contributed by atoms with E-state index in [2.05, 4.69) is 5.32 Å². The molecule has 1 nitrogen and oxygen atoms in total. The van der Waals surface area contributed by atoms with Crippen LogP contribution < -0.4 is 5.32 Å². The van der Waals surface area contributed by atoms with Crippen molar-refractivity contribution in [2.24, 2.45) is 5.92 Å². The fourth-order valence-electron chi connectivity index (χ4n) is 1.04. The minimum absolute atomic E-state index is 0.0247. The Balaban J connectivity index is 2.10. The summed E-state index contributed by atoms with van der Waals surface area (Å²) in [4.78, 5) is 0. The monoisotopic (exact) mass is 167 g/mol. The first-order chi connectivity index (χ1) is 4.99. The Bertz CT molecular complexity index is 128. The summed E-state index contributed by atoms with van der Waals surface area (Å²) in [5.41, 5.74) is 0. The lowest BCUT2D eigenvalue weighted by Gasteiger charge is -2.13. The average molecular weight is 167 g/mol. The standard InChI is InChI=1S/C7H12F3N/c1-5(6-2-3-6)11-4-7(8,9)10/h5-6,11H,2-4H2,1H3. The highest BCUT2D eigenvalue weighted by atomic mass is 19.4. The van der Waals surface area contributed by atoms with Crippen LogP contribution in [-0.2, 0) is 0 Å². The fourth-order valence-corrected chi connectivity index (χ4v) is 1.04. The van der Waals surface area contributed by atoms with Gasteiger partial charge in [0.15, 0.2) is 0 Å². The third kappa shape index (κ3) is 3.60. The summed E-state index contributed by atoms with van der Waals surface area (Å²) >= 11 is 0. The lowest BCUT2D eigenvalue weighted by molar-refractivity contribution is -0.126. The van der Waals surface area contributed by atoms with E-state index in [1.807, 2.05) is 6.92 Å². The molecule has 0 bridgehead atoms. The van der Waals surface area contributed by atoms with Crippen molar-refractivity contribution >= 4 is 0 Å². The molecule has 4 heteroatoms. The van der Waals surface area contributed by atoms with E-state index in [9.17, 15) is 13.2 Å². The molecule has 1 rings (SSSR count). The van der Waals surface area contributed by atoms with Crippen LogP contribution >= 0.6 is 0 Å². The largest absolute Gasteiger partial charge is 0.401 e. The number of nitrogens with one attached hydrogen (secondary N) is 1. The van der Waals surface area contributed by atoms with Gasteiger partial charge in [-0.25, -0.2) is 0 Å². The molecule has 1 N–H and O–H groups in total. The Morgan fingerprint density at radius 3 is 2.36 bits per heavy atom. The lowest BCUT2D eigenvalue weighted by atomic mass is 10.2. The third-order valence-corrected chi connectivity index (χ3v) is 1.95. The van der Waals surface area contributed by atoms with Gasteiger partial charge in [0.05, 0.1) is 6.54 Å². The van der Waals surface area contributed by atoms with E-state index in [0.717, 1.165) is 12.8 Å². The molecule has 0 heterocycles. The van der Waals surface area contributed by atoms with Crippen molar-refractivity contribution in [3.05, 3.63) is 0 Å². The van der Waals surface area contributed by atoms with E-state index < -0.39 is 12.7 Å². The zero-order valence-electron chi connectivity index (χ0n) is 6.41. The summed E-state index contributed by atoms with van der Waals surface area (Å²) in [5.74, 6) is 0.484. The molecule has 0 aromatic rings. The Kier molecular flexibility index (Phi) is 2.42. The predicted molar refractivity (Wildman–Crippen MR) is 36.2 cm³/mol. The second-order valence-corrected chi connectivity index (χ2v) is 3.12. The first kappa shape index (κ1) is 8.84. The molecule has 11 heavy (non-hydrogen) atoms. The van der Waals surface area contributed by atoms with Crippen LogP contribution in [0.4, 0.5) is 13.2 Å². The maximum atomic E-state index is 11.6. The van der Waals surface area contributed by atoms with E-state index in [-0.39, 0.29) is 6.04 Å². The molecule has 0 aromatic heterocycles. The Labute approximate surface area is 64.0 Å². The van der Waals surface area contributed by atoms with Crippen LogP contribution in [0.1, 0.15) is 19.8 Å². The molecular weight excluding hydrogens is 155 g/mol. The van der Waals surface area contributed by atoms with Gasteiger partial charge in [0.1, 0.15) is 0 Å². The van der Waals surface area contributed by atoms with Crippen molar-refractivity contribution in [1.82, 2.24) is 5.32 Å². The van der Waals surface area contributed by atoms with Gasteiger partial charge < -0.3 is 5.32 Å². The number of hydrogen-bond acceptors (Lipinski definition) is 1. The van der Waals surface area contributed by atoms with Crippen LogP contribution in [-0.4, -0.2) is 18.8 Å². The van der Waals surface area contributed by atoms with Crippen LogP contribution in [0.25, 0.3) is 0 Å². The average Bonchev–Trinajstić information content (AvgIpc) is 2.61. The second-order valence-electron chi connectivity index (χ2n) is 3.12. The Hall–Kier alpha value is -0.250. The van der Waals surface area contributed by atoms with Crippen molar-refractivity contribution in [3.8, 4) is 0 Å². The summed E-state index contributed by atoms with van der Waals surface area (Å²) in [6.45, 7) is 0.952. The highest BCUT2D eigenvalue weighted by molar-refractivity contribution is 4.83. The summed E-state index contributed by atoms with van der Waals surface area (Å²) < 4.78 is 34.9. The molecule has 1 aliphatic rings. The maximum Gasteiger partial charge on any atom is 0.401 e. The van der Waals surface area contributed by atoms with Gasteiger partial charge >= 0.3 is 6.18 Å². The fraction of sp³-hybridized carbons (Fsp3) is 1.00. The molecule has 0 amide bonds. The minimum atomic E-state index is -4.07. The summed E-state index contributed by atoms with van der Waals surface area (Å²) in [6.07, 6.45) is -1.92. The van der Waals surface area contributed by atoms with Crippen molar-refractivity contribution in [3.63, 3.8) is 0 Å². The van der Waals surface area contributed by atoms with Crippen molar-refractivity contribution in [2.75, 3.05) is 6.54 Å². The van der Waals surface area contributed by atoms with Gasteiger partial charge in [-0.2, -0.15) is 13.2 Å². The van der Waals surface area contributed by atoms with Gasteiger partial charge in [-0.1, -0.05) is 0 Å². The summed E-state index contributed by atoms with van der Waals surface area (Å²) in [6, 6.07) is 0.0247. The van der Waals surface area contributed by atoms with Gasteiger partial charge in [0, 0.05) is 6.04 Å². The van der Waals surface area contributed by atoms with Crippen LogP contribution in [0.5, 0.6) is 0 Å². The molecule has 66 valence electrons. The maximum absolute atomic E-state index is 11.6. The molecule has 0 radical (unpaired) electrons. The van der Waals surface area contributed by atoms with Crippen LogP contribution in [0.3, 0.4) is 0 Å². The highest BCUT2D eigenvalue weighted by Gasteiger charge is 2.32. The molecule has 0 saturated heterocycles. The summed E-state index contributed by atoms with van der Waals surface area (Å²) in [7, 11) is 0. The minimum Gasteiger partial charge on any atom is -0.306 e. The molecular formula is C7H12F3N. The Morgan fingerprint density at radius 1 is 1.45 bits per heavy atom. The molecule has 0 spiro atoms. The molecule has 1 saturated carbocycles. The van der Waals surface area contributed by atoms with Gasteiger partial charge in [-0.05, 0) is 25.7 Å². The molecule has 1 aliphatic carbocycles. The molecule has 1 unspecified atom stereocenters. The van der Waals surface area contributed by atoms with Crippen LogP contribution in [0.2, 0.25) is 0 Å². The number of rotatable bonds is 3. The predicted octanol–water partition coefficient (Wildman–Crippen LogP) is 1.94. The number of alkyl halides is 3. The van der Waals surface area contributed by atoms with Crippen LogP contribution in [0.15, 0.2) is 0 Å². The summed E-state index contributed by atoms with van der Waals surface area (Å²) in [5, 5.41) is 2.46. The molecule has 0 aromatic carbocycles. The molecule has 0 aliphatic heterocycles. The van der Waals surface area contributed by atoms with Crippen molar-refractivity contribution < 1.29 is 13.2 Å². The SMILES string of the molecule is CC(NCC(F)(F)F)C1CC1. The smallest absolute Gasteiger partial charge is 0.306 e. The van der Waals surface area contributed by atoms with Crippen molar-refractivity contribution in [2.45, 2.75) is 32.0 Å². The zero-order valence-corrected chi connectivity index (χ0v) is 6.41. The Morgan fingerprint density at radius 2 is 2.00 bits per heavy atom. The molecule has 1 fully saturated rings. The van der Waals surface area contributed by atoms with E-state index in [1.54, 1.807) is 0 Å². The number of halogens is 3. The first-order valence-corrected chi connectivity index (χ1v) is 3.79. The molecule has 1 atom stereocenters. The van der Waals surface area contributed by atoms with E-state index in [4.69, 9.17) is 0 Å². The van der Waals surface area contributed by atoms with Gasteiger partial charge in [0.2, 0.25) is 0 Å². The topological polar surface area (TPSA) is 12.0 Å². The van der Waals surface area contributed by atoms with E-state index in [1.165, 1.54) is 0 Å². The third-order valence-electron chi connectivity index (χ3n) is 1.95. The van der Waals surface area contributed by atoms with Gasteiger partial charge in [-0.3, -0.25) is 0 Å². The van der Waals surface area contributed by atoms with Crippen LogP contribution in [0, 0.1) is 5.92 Å². The van der Waals surface area contributed by atoms with E-state index >= 15 is 0 Å². The highest BCUT2D eigenvalue weighted by Crippen LogP contribution is 2.32. The lowest BCUT2D eigenvalue weighted by Crippen LogP contribution is -2.36. The van der Waals surface area contributed by atoms with Crippen molar-refractivity contribution in [1.29, 1.82) is 0 Å². The van der Waals surface area contributed by atoms with Gasteiger partial charge in [-0.15, -0.1) is 0 Å². The normalized spacial score (nSPS) is 21.8. The second kappa shape index (κ2) is 3.01.